The maximum absolute atomic E-state index is 12.2. The van der Waals surface area contributed by atoms with Crippen molar-refractivity contribution in [1.82, 2.24) is 0 Å². The lowest BCUT2D eigenvalue weighted by atomic mass is 10.1. The van der Waals surface area contributed by atoms with E-state index in [9.17, 15) is 9.59 Å². The lowest BCUT2D eigenvalue weighted by Crippen LogP contribution is -2.18. The maximum atomic E-state index is 12.2. The third-order valence-electron chi connectivity index (χ3n) is 3.81. The highest BCUT2D eigenvalue weighted by molar-refractivity contribution is 9.10. The van der Waals surface area contributed by atoms with E-state index in [1.807, 2.05) is 0 Å². The highest BCUT2D eigenvalue weighted by Crippen LogP contribution is 2.58. The van der Waals surface area contributed by atoms with Crippen LogP contribution in [0.4, 0.5) is 5.69 Å². The molecule has 0 heterocycles. The van der Waals surface area contributed by atoms with Gasteiger partial charge in [-0.05, 0) is 33.5 Å². The van der Waals surface area contributed by atoms with E-state index in [0.717, 1.165) is 4.47 Å². The van der Waals surface area contributed by atoms with E-state index < -0.39 is 23.2 Å². The Morgan fingerprint density at radius 3 is 2.50 bits per heavy atom. The summed E-state index contributed by atoms with van der Waals surface area (Å²) in [4.78, 5) is 23.3. The van der Waals surface area contributed by atoms with Crippen molar-refractivity contribution >= 4 is 33.5 Å². The van der Waals surface area contributed by atoms with Crippen LogP contribution in [-0.2, 0) is 9.59 Å². The van der Waals surface area contributed by atoms with Crippen LogP contribution in [-0.4, -0.2) is 24.1 Å². The topological polar surface area (TPSA) is 75.6 Å². The number of halogens is 1. The van der Waals surface area contributed by atoms with Crippen LogP contribution < -0.4 is 10.1 Å². The zero-order valence-electron chi connectivity index (χ0n) is 11.4. The van der Waals surface area contributed by atoms with E-state index in [0.29, 0.717) is 11.4 Å². The molecule has 1 saturated carbocycles. The average molecular weight is 342 g/mol. The van der Waals surface area contributed by atoms with E-state index in [4.69, 9.17) is 9.84 Å². The van der Waals surface area contributed by atoms with Crippen LogP contribution in [0.25, 0.3) is 0 Å². The number of methoxy groups -OCH3 is 1. The van der Waals surface area contributed by atoms with Gasteiger partial charge in [-0.1, -0.05) is 13.8 Å². The van der Waals surface area contributed by atoms with Crippen molar-refractivity contribution < 1.29 is 19.4 Å². The standard InChI is InChI=1S/C14H16BrNO4/c1-14(2)10(11(14)13(18)19)12(17)16-9-6-7(20-3)4-5-8(9)15/h4-6,10-11H,1-3H3,(H,16,17)(H,18,19)/t10-,11+/m1/s1. The van der Waals surface area contributed by atoms with Gasteiger partial charge in [-0.2, -0.15) is 0 Å². The normalized spacial score (nSPS) is 23.0. The smallest absolute Gasteiger partial charge is 0.307 e. The van der Waals surface area contributed by atoms with Crippen molar-refractivity contribution in [1.29, 1.82) is 0 Å². The monoisotopic (exact) mass is 341 g/mol. The van der Waals surface area contributed by atoms with E-state index in [-0.39, 0.29) is 5.91 Å². The molecule has 0 saturated heterocycles. The summed E-state index contributed by atoms with van der Waals surface area (Å²) >= 11 is 3.34. The lowest BCUT2D eigenvalue weighted by molar-refractivity contribution is -0.140. The number of carbonyl (C=O) groups is 2. The summed E-state index contributed by atoms with van der Waals surface area (Å²) in [5.41, 5.74) is 0.0579. The summed E-state index contributed by atoms with van der Waals surface area (Å²) in [6.45, 7) is 3.58. The molecule has 5 nitrogen and oxygen atoms in total. The van der Waals surface area contributed by atoms with Crippen molar-refractivity contribution in [3.05, 3.63) is 22.7 Å². The largest absolute Gasteiger partial charge is 0.497 e. The molecule has 0 spiro atoms. The highest BCUT2D eigenvalue weighted by atomic mass is 79.9. The van der Waals surface area contributed by atoms with E-state index >= 15 is 0 Å². The number of benzene rings is 1. The summed E-state index contributed by atoms with van der Waals surface area (Å²) < 4.78 is 5.82. The van der Waals surface area contributed by atoms with Gasteiger partial charge in [0.1, 0.15) is 5.75 Å². The number of carbonyl (C=O) groups excluding carboxylic acids is 1. The third kappa shape index (κ3) is 2.52. The second kappa shape index (κ2) is 5.09. The molecule has 2 N–H and O–H groups in total. The van der Waals surface area contributed by atoms with Crippen LogP contribution in [0.15, 0.2) is 22.7 Å². The minimum Gasteiger partial charge on any atom is -0.497 e. The van der Waals surface area contributed by atoms with Gasteiger partial charge < -0.3 is 15.2 Å². The second-order valence-corrected chi connectivity index (χ2v) is 6.30. The number of hydrogen-bond donors (Lipinski definition) is 2. The first-order chi connectivity index (χ1) is 9.28. The molecule has 20 heavy (non-hydrogen) atoms. The van der Waals surface area contributed by atoms with Gasteiger partial charge in [0.15, 0.2) is 0 Å². The molecular formula is C14H16BrNO4. The molecule has 1 amide bonds. The van der Waals surface area contributed by atoms with Gasteiger partial charge in [0, 0.05) is 10.5 Å². The molecule has 108 valence electrons. The first kappa shape index (κ1) is 14.8. The summed E-state index contributed by atoms with van der Waals surface area (Å²) in [7, 11) is 1.54. The number of amides is 1. The first-order valence-corrected chi connectivity index (χ1v) is 6.95. The van der Waals surface area contributed by atoms with Crippen LogP contribution in [0.1, 0.15) is 13.8 Å². The molecular weight excluding hydrogens is 326 g/mol. The Bertz CT molecular complexity index is 570. The van der Waals surface area contributed by atoms with Gasteiger partial charge in [-0.25, -0.2) is 0 Å². The Morgan fingerprint density at radius 2 is 2.00 bits per heavy atom. The first-order valence-electron chi connectivity index (χ1n) is 6.16. The molecule has 0 radical (unpaired) electrons. The molecule has 2 atom stereocenters. The molecule has 1 fully saturated rings. The number of hydrogen-bond acceptors (Lipinski definition) is 3. The lowest BCUT2D eigenvalue weighted by Gasteiger charge is -2.10. The van der Waals surface area contributed by atoms with Crippen LogP contribution in [0.5, 0.6) is 5.75 Å². The Balaban J connectivity index is 2.15. The van der Waals surface area contributed by atoms with Crippen LogP contribution in [0.3, 0.4) is 0 Å². The van der Waals surface area contributed by atoms with Crippen LogP contribution in [0.2, 0.25) is 0 Å². The van der Waals surface area contributed by atoms with Gasteiger partial charge in [-0.15, -0.1) is 0 Å². The summed E-state index contributed by atoms with van der Waals surface area (Å²) in [6, 6.07) is 5.22. The van der Waals surface area contributed by atoms with Gasteiger partial charge in [0.25, 0.3) is 0 Å². The Morgan fingerprint density at radius 1 is 1.35 bits per heavy atom. The van der Waals surface area contributed by atoms with Crippen molar-refractivity contribution in [3.63, 3.8) is 0 Å². The minimum atomic E-state index is -0.931. The SMILES string of the molecule is COc1ccc(Br)c(NC(=O)[C@H]2[C@@H](C(=O)O)C2(C)C)c1. The van der Waals surface area contributed by atoms with Gasteiger partial charge in [0.05, 0.1) is 24.6 Å². The number of carboxylic acid groups (broad SMARTS) is 1. The summed E-state index contributed by atoms with van der Waals surface area (Å²) in [5.74, 6) is -1.74. The van der Waals surface area contributed by atoms with Gasteiger partial charge in [0.2, 0.25) is 5.91 Å². The molecule has 0 aliphatic heterocycles. The fourth-order valence-electron chi connectivity index (χ4n) is 2.53. The molecule has 6 heteroatoms. The highest BCUT2D eigenvalue weighted by Gasteiger charge is 2.65. The molecule has 0 bridgehead atoms. The molecule has 1 aliphatic rings. The van der Waals surface area contributed by atoms with Crippen molar-refractivity contribution in [2.45, 2.75) is 13.8 Å². The number of rotatable bonds is 4. The Hall–Kier alpha value is -1.56. The molecule has 1 aromatic carbocycles. The third-order valence-corrected chi connectivity index (χ3v) is 4.50. The van der Waals surface area contributed by atoms with Gasteiger partial charge in [-0.3, -0.25) is 9.59 Å². The molecule has 0 unspecified atom stereocenters. The quantitative estimate of drug-likeness (QED) is 0.882. The van der Waals surface area contributed by atoms with E-state index in [1.54, 1.807) is 39.2 Å². The average Bonchev–Trinajstić information content (AvgIpc) is 2.95. The number of carboxylic acids is 1. The number of aliphatic carboxylic acids is 1. The molecule has 1 aromatic rings. The predicted octanol–water partition coefficient (Wildman–Crippen LogP) is 2.75. The molecule has 1 aliphatic carbocycles. The molecule has 0 aromatic heterocycles. The van der Waals surface area contributed by atoms with E-state index in [1.165, 1.54) is 0 Å². The van der Waals surface area contributed by atoms with Crippen molar-refractivity contribution in [2.75, 3.05) is 12.4 Å². The number of anilines is 1. The Kier molecular flexibility index (Phi) is 3.77. The zero-order valence-corrected chi connectivity index (χ0v) is 13.0. The van der Waals surface area contributed by atoms with Crippen molar-refractivity contribution in [2.24, 2.45) is 17.3 Å². The minimum absolute atomic E-state index is 0.281. The number of nitrogens with one attached hydrogen (secondary N) is 1. The van der Waals surface area contributed by atoms with Gasteiger partial charge >= 0.3 is 5.97 Å². The van der Waals surface area contributed by atoms with Crippen LogP contribution >= 0.6 is 15.9 Å². The van der Waals surface area contributed by atoms with Crippen molar-refractivity contribution in [3.8, 4) is 5.75 Å². The molecule has 2 rings (SSSR count). The summed E-state index contributed by atoms with van der Waals surface area (Å²) in [6.07, 6.45) is 0. The van der Waals surface area contributed by atoms with E-state index in [2.05, 4.69) is 21.2 Å². The van der Waals surface area contributed by atoms with Crippen LogP contribution in [0, 0.1) is 17.3 Å². The zero-order chi connectivity index (χ0) is 15.1. The number of ether oxygens (including phenoxy) is 1. The summed E-state index contributed by atoms with van der Waals surface area (Å²) in [5, 5.41) is 11.9. The predicted molar refractivity (Wildman–Crippen MR) is 77.7 cm³/mol. The fourth-order valence-corrected chi connectivity index (χ4v) is 2.87. The maximum Gasteiger partial charge on any atom is 0.307 e. The Labute approximate surface area is 125 Å². The second-order valence-electron chi connectivity index (χ2n) is 5.45. The fraction of sp³-hybridized carbons (Fsp3) is 0.429.